The van der Waals surface area contributed by atoms with E-state index in [0.717, 1.165) is 30.6 Å². The third-order valence-corrected chi connectivity index (χ3v) is 3.93. The lowest BCUT2D eigenvalue weighted by Crippen LogP contribution is -2.28. The maximum atomic E-state index is 12.2. The van der Waals surface area contributed by atoms with Gasteiger partial charge >= 0.3 is 0 Å². The number of amides is 1. The number of unbranched alkanes of at least 4 members (excludes halogenated alkanes) is 1. The molecule has 0 aliphatic carbocycles. The Morgan fingerprint density at radius 2 is 2.04 bits per heavy atom. The average Bonchev–Trinajstić information content (AvgIpc) is 2.56. The Bertz CT molecular complexity index is 673. The van der Waals surface area contributed by atoms with Crippen molar-refractivity contribution in [3.05, 3.63) is 46.6 Å². The van der Waals surface area contributed by atoms with Crippen LogP contribution in [0.4, 0.5) is 11.5 Å². The molecule has 0 aliphatic heterocycles. The second kappa shape index (κ2) is 7.92. The number of nitrogens with zero attached hydrogens (tertiary/aromatic N) is 3. The average molecular weight is 333 g/mol. The summed E-state index contributed by atoms with van der Waals surface area (Å²) in [6, 6.07) is 9.09. The van der Waals surface area contributed by atoms with E-state index >= 15 is 0 Å². The zero-order valence-corrected chi connectivity index (χ0v) is 14.4. The van der Waals surface area contributed by atoms with E-state index in [0.29, 0.717) is 16.5 Å². The minimum absolute atomic E-state index is 0.115. The van der Waals surface area contributed by atoms with Gasteiger partial charge in [-0.3, -0.25) is 4.79 Å². The number of aromatic nitrogens is 2. The van der Waals surface area contributed by atoms with Crippen LogP contribution in [-0.4, -0.2) is 34.6 Å². The highest BCUT2D eigenvalue weighted by Gasteiger charge is 2.13. The van der Waals surface area contributed by atoms with Crippen molar-refractivity contribution in [1.29, 1.82) is 0 Å². The first-order chi connectivity index (χ1) is 11.0. The maximum Gasteiger partial charge on any atom is 0.274 e. The molecule has 2 aromatic rings. The van der Waals surface area contributed by atoms with E-state index in [9.17, 15) is 4.79 Å². The molecule has 0 bridgehead atoms. The molecule has 2 rings (SSSR count). The van der Waals surface area contributed by atoms with Crippen LogP contribution in [0.1, 0.15) is 35.8 Å². The van der Waals surface area contributed by atoms with Gasteiger partial charge in [0.1, 0.15) is 0 Å². The number of rotatable bonds is 6. The Morgan fingerprint density at radius 1 is 1.26 bits per heavy atom. The van der Waals surface area contributed by atoms with E-state index in [4.69, 9.17) is 11.6 Å². The van der Waals surface area contributed by atoms with Gasteiger partial charge in [-0.05, 0) is 43.2 Å². The molecule has 0 saturated carbocycles. The standard InChI is InChI=1S/C17H21ClN4O/c1-4-5-10-22(3)17(23)15-8-9-16(21-20-15)19-13-7-6-12(2)14(18)11-13/h6-9,11H,4-5,10H2,1-3H3,(H,19,21). The fraction of sp³-hybridized carbons (Fsp3) is 0.353. The Kier molecular flexibility index (Phi) is 5.93. The van der Waals surface area contributed by atoms with E-state index in [1.807, 2.05) is 25.1 Å². The van der Waals surface area contributed by atoms with Gasteiger partial charge in [-0.25, -0.2) is 0 Å². The molecular weight excluding hydrogens is 312 g/mol. The van der Waals surface area contributed by atoms with Crippen LogP contribution in [0.25, 0.3) is 0 Å². The van der Waals surface area contributed by atoms with E-state index in [1.54, 1.807) is 24.1 Å². The third-order valence-electron chi connectivity index (χ3n) is 3.52. The number of halogens is 1. The van der Waals surface area contributed by atoms with Crippen molar-refractivity contribution in [3.63, 3.8) is 0 Å². The summed E-state index contributed by atoms with van der Waals surface area (Å²) in [6.45, 7) is 4.76. The molecule has 1 aromatic heterocycles. The number of hydrogen-bond donors (Lipinski definition) is 1. The summed E-state index contributed by atoms with van der Waals surface area (Å²) in [5.74, 6) is 0.452. The first-order valence-electron chi connectivity index (χ1n) is 7.63. The van der Waals surface area contributed by atoms with Crippen LogP contribution in [0.15, 0.2) is 30.3 Å². The predicted molar refractivity (Wildman–Crippen MR) is 93.4 cm³/mol. The quantitative estimate of drug-likeness (QED) is 0.866. The van der Waals surface area contributed by atoms with Gasteiger partial charge in [0.15, 0.2) is 11.5 Å². The number of carbonyl (C=O) groups is 1. The van der Waals surface area contributed by atoms with Crippen molar-refractivity contribution in [2.75, 3.05) is 18.9 Å². The molecule has 5 nitrogen and oxygen atoms in total. The number of carbonyl (C=O) groups excluding carboxylic acids is 1. The van der Waals surface area contributed by atoms with Gasteiger partial charge in [0.05, 0.1) is 0 Å². The smallest absolute Gasteiger partial charge is 0.274 e. The molecule has 122 valence electrons. The van der Waals surface area contributed by atoms with E-state index in [2.05, 4.69) is 22.4 Å². The van der Waals surface area contributed by atoms with Crippen LogP contribution < -0.4 is 5.32 Å². The van der Waals surface area contributed by atoms with Gasteiger partial charge < -0.3 is 10.2 Å². The van der Waals surface area contributed by atoms with Crippen molar-refractivity contribution in [2.24, 2.45) is 0 Å². The highest BCUT2D eigenvalue weighted by atomic mass is 35.5. The molecule has 0 atom stereocenters. The maximum absolute atomic E-state index is 12.2. The first kappa shape index (κ1) is 17.2. The summed E-state index contributed by atoms with van der Waals surface area (Å²) >= 11 is 6.10. The second-order valence-electron chi connectivity index (χ2n) is 5.47. The Hall–Kier alpha value is -2.14. The fourth-order valence-corrected chi connectivity index (χ4v) is 2.20. The molecule has 23 heavy (non-hydrogen) atoms. The number of aryl methyl sites for hydroxylation is 1. The van der Waals surface area contributed by atoms with Gasteiger partial charge in [0.2, 0.25) is 0 Å². The van der Waals surface area contributed by atoms with E-state index in [1.165, 1.54) is 0 Å². The summed E-state index contributed by atoms with van der Waals surface area (Å²) in [6.07, 6.45) is 2.02. The van der Waals surface area contributed by atoms with Crippen molar-refractivity contribution >= 4 is 29.0 Å². The zero-order valence-electron chi connectivity index (χ0n) is 13.6. The summed E-state index contributed by atoms with van der Waals surface area (Å²) in [5.41, 5.74) is 2.18. The van der Waals surface area contributed by atoms with Gasteiger partial charge in [-0.1, -0.05) is 31.0 Å². The molecule has 1 heterocycles. The lowest BCUT2D eigenvalue weighted by atomic mass is 10.2. The van der Waals surface area contributed by atoms with Crippen molar-refractivity contribution in [3.8, 4) is 0 Å². The molecule has 1 aromatic carbocycles. The monoisotopic (exact) mass is 332 g/mol. The molecule has 0 aliphatic rings. The summed E-state index contributed by atoms with van der Waals surface area (Å²) < 4.78 is 0. The molecule has 1 N–H and O–H groups in total. The molecule has 6 heteroatoms. The molecule has 0 fully saturated rings. The van der Waals surface area contributed by atoms with Gasteiger partial charge in [-0.2, -0.15) is 0 Å². The molecule has 0 spiro atoms. The molecule has 0 unspecified atom stereocenters. The SMILES string of the molecule is CCCCN(C)C(=O)c1ccc(Nc2ccc(C)c(Cl)c2)nn1. The Balaban J connectivity index is 2.04. The summed E-state index contributed by atoms with van der Waals surface area (Å²) in [4.78, 5) is 13.9. The highest BCUT2D eigenvalue weighted by Crippen LogP contribution is 2.22. The third kappa shape index (κ3) is 4.66. The molecular formula is C17H21ClN4O. The summed E-state index contributed by atoms with van der Waals surface area (Å²) in [5, 5.41) is 11.9. The minimum atomic E-state index is -0.115. The van der Waals surface area contributed by atoms with Crippen LogP contribution in [0, 0.1) is 6.92 Å². The van der Waals surface area contributed by atoms with E-state index in [-0.39, 0.29) is 5.91 Å². The largest absolute Gasteiger partial charge is 0.340 e. The van der Waals surface area contributed by atoms with Crippen molar-refractivity contribution in [2.45, 2.75) is 26.7 Å². The van der Waals surface area contributed by atoms with Gasteiger partial charge in [0.25, 0.3) is 5.91 Å². The highest BCUT2D eigenvalue weighted by molar-refractivity contribution is 6.31. The van der Waals surface area contributed by atoms with Crippen LogP contribution in [0.5, 0.6) is 0 Å². The lowest BCUT2D eigenvalue weighted by Gasteiger charge is -2.15. The van der Waals surface area contributed by atoms with Crippen LogP contribution in [-0.2, 0) is 0 Å². The van der Waals surface area contributed by atoms with Gasteiger partial charge in [-0.15, -0.1) is 10.2 Å². The Morgan fingerprint density at radius 3 is 2.65 bits per heavy atom. The molecule has 0 saturated heterocycles. The first-order valence-corrected chi connectivity index (χ1v) is 8.01. The van der Waals surface area contributed by atoms with Crippen molar-refractivity contribution in [1.82, 2.24) is 15.1 Å². The predicted octanol–water partition coefficient (Wildman–Crippen LogP) is 4.05. The topological polar surface area (TPSA) is 58.1 Å². The fourth-order valence-electron chi connectivity index (χ4n) is 2.02. The number of hydrogen-bond acceptors (Lipinski definition) is 4. The lowest BCUT2D eigenvalue weighted by molar-refractivity contribution is 0.0786. The van der Waals surface area contributed by atoms with Gasteiger partial charge in [0, 0.05) is 24.3 Å². The zero-order chi connectivity index (χ0) is 16.8. The molecule has 0 radical (unpaired) electrons. The van der Waals surface area contributed by atoms with Crippen LogP contribution >= 0.6 is 11.6 Å². The number of nitrogens with one attached hydrogen (secondary N) is 1. The minimum Gasteiger partial charge on any atom is -0.340 e. The number of anilines is 2. The molecule has 1 amide bonds. The Labute approximate surface area is 141 Å². The van der Waals surface area contributed by atoms with Crippen LogP contribution in [0.3, 0.4) is 0 Å². The van der Waals surface area contributed by atoms with E-state index < -0.39 is 0 Å². The second-order valence-corrected chi connectivity index (χ2v) is 5.88. The summed E-state index contributed by atoms with van der Waals surface area (Å²) in [7, 11) is 1.78. The van der Waals surface area contributed by atoms with Crippen LogP contribution in [0.2, 0.25) is 5.02 Å². The number of benzene rings is 1. The normalized spacial score (nSPS) is 10.4. The van der Waals surface area contributed by atoms with Crippen molar-refractivity contribution < 1.29 is 4.79 Å².